The second-order valence-electron chi connectivity index (χ2n) is 10.4. The van der Waals surface area contributed by atoms with Crippen LogP contribution in [0, 0.1) is 5.92 Å². The van der Waals surface area contributed by atoms with Crippen molar-refractivity contribution in [2.24, 2.45) is 5.92 Å². The third-order valence-electron chi connectivity index (χ3n) is 7.34. The van der Waals surface area contributed by atoms with Gasteiger partial charge in [0.05, 0.1) is 11.9 Å². The van der Waals surface area contributed by atoms with E-state index in [1.54, 1.807) is 12.3 Å². The maximum atomic E-state index is 11.1. The van der Waals surface area contributed by atoms with E-state index >= 15 is 0 Å². The summed E-state index contributed by atoms with van der Waals surface area (Å²) in [5.74, 6) is 1.51. The molecule has 8 nitrogen and oxygen atoms in total. The minimum Gasteiger partial charge on any atom is -0.481 e. The Labute approximate surface area is 238 Å². The van der Waals surface area contributed by atoms with Gasteiger partial charge in [-0.3, -0.25) is 9.69 Å². The van der Waals surface area contributed by atoms with Gasteiger partial charge in [-0.25, -0.2) is 9.97 Å². The van der Waals surface area contributed by atoms with Gasteiger partial charge in [0.2, 0.25) is 5.88 Å². The summed E-state index contributed by atoms with van der Waals surface area (Å²) in [6.45, 7) is 7.38. The molecule has 0 radical (unpaired) electrons. The summed E-state index contributed by atoms with van der Waals surface area (Å²) in [6, 6.07) is 13.6. The molecule has 39 heavy (non-hydrogen) atoms. The zero-order chi connectivity index (χ0) is 27.4. The van der Waals surface area contributed by atoms with E-state index in [1.807, 2.05) is 36.4 Å². The lowest BCUT2D eigenvalue weighted by Gasteiger charge is -2.34. The first kappa shape index (κ1) is 27.6. The molecule has 2 fully saturated rings. The van der Waals surface area contributed by atoms with Gasteiger partial charge in [0, 0.05) is 60.3 Å². The molecule has 0 saturated carbocycles. The Bertz CT molecular complexity index is 1280. The molecule has 3 aromatic rings. The monoisotopic (exact) mass is 569 g/mol. The van der Waals surface area contributed by atoms with Crippen LogP contribution in [0.1, 0.15) is 31.7 Å². The molecule has 0 bridgehead atoms. The van der Waals surface area contributed by atoms with Gasteiger partial charge in [-0.1, -0.05) is 23.2 Å². The third-order valence-corrected chi connectivity index (χ3v) is 7.77. The summed E-state index contributed by atoms with van der Waals surface area (Å²) in [4.78, 5) is 25.2. The second kappa shape index (κ2) is 12.5. The zero-order valence-corrected chi connectivity index (χ0v) is 23.5. The molecule has 0 amide bonds. The highest BCUT2D eigenvalue weighted by Gasteiger charge is 2.22. The van der Waals surface area contributed by atoms with Crippen LogP contribution in [0.5, 0.6) is 11.6 Å². The Morgan fingerprint density at radius 3 is 2.54 bits per heavy atom. The van der Waals surface area contributed by atoms with Crippen molar-refractivity contribution in [3.63, 3.8) is 0 Å². The highest BCUT2D eigenvalue weighted by molar-refractivity contribution is 6.35. The molecule has 2 aliphatic rings. The molecule has 4 heterocycles. The SMILES string of the molecule is C[C@H]1CNCCN1c1ccc(Oc2cc(CN3CCC(CC(=O)O)CC3)cc(-c3cc(Cl)cc(Cl)c3)n2)cn1. The van der Waals surface area contributed by atoms with Gasteiger partial charge in [-0.05, 0) is 80.7 Å². The lowest BCUT2D eigenvalue weighted by molar-refractivity contribution is -0.138. The number of piperidine rings is 1. The molecule has 2 aromatic heterocycles. The number of carboxylic acid groups (broad SMARTS) is 1. The van der Waals surface area contributed by atoms with E-state index in [1.165, 1.54) is 0 Å². The number of nitrogens with one attached hydrogen (secondary N) is 1. The van der Waals surface area contributed by atoms with Crippen molar-refractivity contribution in [2.45, 2.75) is 38.8 Å². The van der Waals surface area contributed by atoms with Crippen LogP contribution < -0.4 is 15.0 Å². The van der Waals surface area contributed by atoms with Crippen molar-refractivity contribution in [3.8, 4) is 22.9 Å². The van der Waals surface area contributed by atoms with Gasteiger partial charge in [-0.2, -0.15) is 0 Å². The Morgan fingerprint density at radius 2 is 1.87 bits per heavy atom. The minimum atomic E-state index is -0.723. The summed E-state index contributed by atoms with van der Waals surface area (Å²) in [5, 5.41) is 13.6. The van der Waals surface area contributed by atoms with Gasteiger partial charge < -0.3 is 20.1 Å². The largest absolute Gasteiger partial charge is 0.481 e. The Hall–Kier alpha value is -2.91. The molecule has 2 saturated heterocycles. The number of hydrogen-bond donors (Lipinski definition) is 2. The van der Waals surface area contributed by atoms with Crippen molar-refractivity contribution in [1.82, 2.24) is 20.2 Å². The number of rotatable bonds is 8. The van der Waals surface area contributed by atoms with E-state index < -0.39 is 5.97 Å². The van der Waals surface area contributed by atoms with Gasteiger partial charge >= 0.3 is 5.97 Å². The normalized spacial score (nSPS) is 18.7. The third kappa shape index (κ3) is 7.39. The molecule has 2 N–H and O–H groups in total. The first-order chi connectivity index (χ1) is 18.8. The summed E-state index contributed by atoms with van der Waals surface area (Å²) in [5.41, 5.74) is 2.56. The van der Waals surface area contributed by atoms with E-state index in [4.69, 9.17) is 38.0 Å². The van der Waals surface area contributed by atoms with Crippen molar-refractivity contribution in [2.75, 3.05) is 37.6 Å². The maximum Gasteiger partial charge on any atom is 0.303 e. The number of aliphatic carboxylic acids is 1. The fourth-order valence-corrected chi connectivity index (χ4v) is 5.84. The highest BCUT2D eigenvalue weighted by Crippen LogP contribution is 2.31. The maximum absolute atomic E-state index is 11.1. The lowest BCUT2D eigenvalue weighted by atomic mass is 9.93. The van der Waals surface area contributed by atoms with Crippen LogP contribution in [0.4, 0.5) is 5.82 Å². The smallest absolute Gasteiger partial charge is 0.303 e. The average Bonchev–Trinajstić information content (AvgIpc) is 2.90. The van der Waals surface area contributed by atoms with Gasteiger partial charge in [0.15, 0.2) is 0 Å². The highest BCUT2D eigenvalue weighted by atomic mass is 35.5. The Morgan fingerprint density at radius 1 is 1.10 bits per heavy atom. The van der Waals surface area contributed by atoms with Crippen LogP contribution in [0.15, 0.2) is 48.7 Å². The number of likely N-dealkylation sites (tertiary alicyclic amines) is 1. The molecule has 0 aliphatic carbocycles. The molecule has 0 unspecified atom stereocenters. The standard InChI is InChI=1S/C29H33Cl2N5O3/c1-19-16-32-6-9-36(19)27-3-2-25(17-33-27)39-28-11-21(18-35-7-4-20(5-8-35)12-29(37)38)10-26(34-28)22-13-23(30)15-24(31)14-22/h2-3,10-11,13-15,17,19-20,32H,4-9,12,16,18H2,1H3,(H,37,38)/t19-/m0/s1. The lowest BCUT2D eigenvalue weighted by Crippen LogP contribution is -2.50. The zero-order valence-electron chi connectivity index (χ0n) is 21.9. The number of aromatic nitrogens is 2. The van der Waals surface area contributed by atoms with Crippen LogP contribution in [-0.2, 0) is 11.3 Å². The number of anilines is 1. The molecule has 10 heteroatoms. The van der Waals surface area contributed by atoms with Crippen molar-refractivity contribution in [3.05, 3.63) is 64.3 Å². The molecule has 5 rings (SSSR count). The number of pyridine rings is 2. The Balaban J connectivity index is 1.36. The average molecular weight is 571 g/mol. The first-order valence-corrected chi connectivity index (χ1v) is 14.1. The number of carbonyl (C=O) groups is 1. The summed E-state index contributed by atoms with van der Waals surface area (Å²) < 4.78 is 6.21. The van der Waals surface area contributed by atoms with Crippen molar-refractivity contribution in [1.29, 1.82) is 0 Å². The predicted molar refractivity (Wildman–Crippen MR) is 154 cm³/mol. The molecule has 1 atom stereocenters. The van der Waals surface area contributed by atoms with Crippen LogP contribution in [0.2, 0.25) is 10.0 Å². The van der Waals surface area contributed by atoms with Crippen LogP contribution in [0.25, 0.3) is 11.3 Å². The summed E-state index contributed by atoms with van der Waals surface area (Å²) in [6.07, 6.45) is 3.73. The number of piperazine rings is 1. The van der Waals surface area contributed by atoms with E-state index in [2.05, 4.69) is 27.0 Å². The molecular formula is C29H33Cl2N5O3. The molecule has 206 valence electrons. The number of benzene rings is 1. The number of carboxylic acids is 1. The fourth-order valence-electron chi connectivity index (χ4n) is 5.31. The van der Waals surface area contributed by atoms with Crippen LogP contribution >= 0.6 is 23.2 Å². The van der Waals surface area contributed by atoms with Gasteiger partial charge in [-0.15, -0.1) is 0 Å². The minimum absolute atomic E-state index is 0.235. The topological polar surface area (TPSA) is 90.8 Å². The van der Waals surface area contributed by atoms with E-state index in [-0.39, 0.29) is 12.3 Å². The molecular weight excluding hydrogens is 537 g/mol. The van der Waals surface area contributed by atoms with E-state index in [0.29, 0.717) is 40.0 Å². The Kier molecular flexibility index (Phi) is 8.87. The number of hydrogen-bond acceptors (Lipinski definition) is 7. The first-order valence-electron chi connectivity index (χ1n) is 13.4. The van der Waals surface area contributed by atoms with Crippen molar-refractivity contribution < 1.29 is 14.6 Å². The fraction of sp³-hybridized carbons (Fsp3) is 0.414. The van der Waals surface area contributed by atoms with E-state index in [0.717, 1.165) is 62.5 Å². The number of ether oxygens (including phenoxy) is 1. The molecule has 2 aliphatic heterocycles. The van der Waals surface area contributed by atoms with Gasteiger partial charge in [0.25, 0.3) is 0 Å². The van der Waals surface area contributed by atoms with Crippen molar-refractivity contribution >= 4 is 35.0 Å². The second-order valence-corrected chi connectivity index (χ2v) is 11.2. The van der Waals surface area contributed by atoms with Gasteiger partial charge in [0.1, 0.15) is 11.6 Å². The molecule has 0 spiro atoms. The summed E-state index contributed by atoms with van der Waals surface area (Å²) >= 11 is 12.6. The number of nitrogens with zero attached hydrogens (tertiary/aromatic N) is 4. The quantitative estimate of drug-likeness (QED) is 0.355. The summed E-state index contributed by atoms with van der Waals surface area (Å²) in [7, 11) is 0. The predicted octanol–water partition coefficient (Wildman–Crippen LogP) is 5.73. The van der Waals surface area contributed by atoms with Crippen LogP contribution in [-0.4, -0.2) is 64.7 Å². The molecule has 1 aromatic carbocycles. The van der Waals surface area contributed by atoms with Crippen LogP contribution in [0.3, 0.4) is 0 Å². The van der Waals surface area contributed by atoms with E-state index in [9.17, 15) is 4.79 Å². The number of halogens is 2.